The lowest BCUT2D eigenvalue weighted by Crippen LogP contribution is -2.29. The fourth-order valence-corrected chi connectivity index (χ4v) is 2.71. The number of nitrogens with zero attached hydrogens (tertiary/aromatic N) is 1. The van der Waals surface area contributed by atoms with Crippen LogP contribution in [0.5, 0.6) is 0 Å². The Hall–Kier alpha value is -2.04. The van der Waals surface area contributed by atoms with E-state index in [0.717, 1.165) is 0 Å². The first-order chi connectivity index (χ1) is 9.40. The summed E-state index contributed by atoms with van der Waals surface area (Å²) in [4.78, 5) is 0.122. The van der Waals surface area contributed by atoms with Gasteiger partial charge in [0.2, 0.25) is 0 Å². The highest BCUT2D eigenvalue weighted by atomic mass is 32.2. The minimum Gasteiger partial charge on any atom is -0.409 e. The maximum atomic E-state index is 12.1. The van der Waals surface area contributed by atoms with Crippen molar-refractivity contribution in [2.45, 2.75) is 17.9 Å². The Labute approximate surface area is 118 Å². The molecule has 1 rings (SSSR count). The molecule has 6 nitrogen and oxygen atoms in total. The van der Waals surface area contributed by atoms with E-state index in [0.29, 0.717) is 5.56 Å². The summed E-state index contributed by atoms with van der Waals surface area (Å²) in [7, 11) is -3.45. The number of benzene rings is 1. The summed E-state index contributed by atoms with van der Waals surface area (Å²) in [6, 6.07) is 5.75. The highest BCUT2D eigenvalue weighted by Gasteiger charge is 2.15. The van der Waals surface area contributed by atoms with Gasteiger partial charge in [0.1, 0.15) is 0 Å². The topological polar surface area (TPSA) is 105 Å². The van der Waals surface area contributed by atoms with Crippen LogP contribution in [0.25, 0.3) is 0 Å². The molecule has 1 aromatic rings. The zero-order valence-corrected chi connectivity index (χ0v) is 11.9. The molecule has 1 unspecified atom stereocenters. The molecular formula is C13H17N3O3S. The summed E-state index contributed by atoms with van der Waals surface area (Å²) < 4.78 is 24.3. The summed E-state index contributed by atoms with van der Waals surface area (Å²) in [5.74, 6) is 2.23. The van der Waals surface area contributed by atoms with Crippen LogP contribution >= 0.6 is 0 Å². The van der Waals surface area contributed by atoms with Crippen LogP contribution in [0.3, 0.4) is 0 Å². The van der Waals surface area contributed by atoms with Gasteiger partial charge in [-0.05, 0) is 19.1 Å². The number of hydrogen-bond acceptors (Lipinski definition) is 5. The van der Waals surface area contributed by atoms with Crippen LogP contribution < -0.4 is 11.1 Å². The van der Waals surface area contributed by atoms with Crippen molar-refractivity contribution >= 4 is 15.7 Å². The molecule has 0 saturated heterocycles. The maximum absolute atomic E-state index is 12.1. The minimum atomic E-state index is -3.45. The number of sulfone groups is 1. The lowest BCUT2D eigenvalue weighted by Gasteiger charge is -2.09. The van der Waals surface area contributed by atoms with E-state index in [4.69, 9.17) is 17.4 Å². The van der Waals surface area contributed by atoms with E-state index in [1.165, 1.54) is 18.2 Å². The van der Waals surface area contributed by atoms with E-state index < -0.39 is 9.84 Å². The van der Waals surface area contributed by atoms with Gasteiger partial charge < -0.3 is 16.3 Å². The molecule has 1 aromatic carbocycles. The van der Waals surface area contributed by atoms with Crippen molar-refractivity contribution in [2.75, 3.05) is 12.3 Å². The molecule has 0 saturated carbocycles. The van der Waals surface area contributed by atoms with Crippen LogP contribution in [0.15, 0.2) is 34.3 Å². The number of rotatable bonds is 6. The lowest BCUT2D eigenvalue weighted by molar-refractivity contribution is 0.318. The quantitative estimate of drug-likeness (QED) is 0.228. The Balaban J connectivity index is 2.86. The SMILES string of the molecule is C#CC(C)NCCS(=O)(=O)c1cccc(/C(N)=N/O)c1. The smallest absolute Gasteiger partial charge is 0.179 e. The predicted octanol–water partition coefficient (Wildman–Crippen LogP) is 0.166. The summed E-state index contributed by atoms with van der Waals surface area (Å²) in [5.41, 5.74) is 5.78. The number of nitrogens with two attached hydrogens (primary N) is 1. The Morgan fingerprint density at radius 3 is 2.90 bits per heavy atom. The van der Waals surface area contributed by atoms with Gasteiger partial charge in [-0.15, -0.1) is 6.42 Å². The van der Waals surface area contributed by atoms with Gasteiger partial charge >= 0.3 is 0 Å². The third-order valence-corrected chi connectivity index (χ3v) is 4.38. The maximum Gasteiger partial charge on any atom is 0.179 e. The van der Waals surface area contributed by atoms with Gasteiger partial charge in [0.05, 0.1) is 16.7 Å². The van der Waals surface area contributed by atoms with Crippen molar-refractivity contribution in [3.05, 3.63) is 29.8 Å². The molecule has 0 radical (unpaired) electrons. The van der Waals surface area contributed by atoms with Gasteiger partial charge in [-0.2, -0.15) is 0 Å². The summed E-state index contributed by atoms with van der Waals surface area (Å²) in [6.45, 7) is 2.02. The summed E-state index contributed by atoms with van der Waals surface area (Å²) in [5, 5.41) is 14.3. The van der Waals surface area contributed by atoms with Crippen molar-refractivity contribution in [1.29, 1.82) is 0 Å². The average molecular weight is 295 g/mol. The molecule has 0 bridgehead atoms. The van der Waals surface area contributed by atoms with E-state index in [2.05, 4.69) is 16.4 Å². The second-order valence-electron chi connectivity index (χ2n) is 4.17. The monoisotopic (exact) mass is 295 g/mol. The molecule has 20 heavy (non-hydrogen) atoms. The third-order valence-electron chi connectivity index (χ3n) is 2.67. The Morgan fingerprint density at radius 1 is 1.60 bits per heavy atom. The second-order valence-corrected chi connectivity index (χ2v) is 6.28. The number of oxime groups is 1. The van der Waals surface area contributed by atoms with Crippen molar-refractivity contribution in [1.82, 2.24) is 5.32 Å². The Morgan fingerprint density at radius 2 is 2.30 bits per heavy atom. The first-order valence-electron chi connectivity index (χ1n) is 5.91. The molecule has 4 N–H and O–H groups in total. The molecular weight excluding hydrogens is 278 g/mol. The van der Waals surface area contributed by atoms with Crippen molar-refractivity contribution in [2.24, 2.45) is 10.9 Å². The Kier molecular flexibility index (Phi) is 5.55. The van der Waals surface area contributed by atoms with Crippen molar-refractivity contribution in [3.63, 3.8) is 0 Å². The molecule has 0 aromatic heterocycles. The normalized spacial score (nSPS) is 13.7. The van der Waals surface area contributed by atoms with Gasteiger partial charge in [-0.25, -0.2) is 8.42 Å². The number of hydrogen-bond donors (Lipinski definition) is 3. The van der Waals surface area contributed by atoms with Gasteiger partial charge in [0.25, 0.3) is 0 Å². The van der Waals surface area contributed by atoms with Crippen LogP contribution in [-0.2, 0) is 9.84 Å². The minimum absolute atomic E-state index is 0.0847. The van der Waals surface area contributed by atoms with Crippen LogP contribution in [0.1, 0.15) is 12.5 Å². The molecule has 0 aliphatic carbocycles. The van der Waals surface area contributed by atoms with E-state index in [9.17, 15) is 8.42 Å². The molecule has 0 amide bonds. The van der Waals surface area contributed by atoms with E-state index in [-0.39, 0.29) is 29.1 Å². The highest BCUT2D eigenvalue weighted by Crippen LogP contribution is 2.13. The molecule has 0 aliphatic rings. The van der Waals surface area contributed by atoms with E-state index >= 15 is 0 Å². The predicted molar refractivity (Wildman–Crippen MR) is 77.3 cm³/mol. The second kappa shape index (κ2) is 6.93. The van der Waals surface area contributed by atoms with E-state index in [1.807, 2.05) is 0 Å². The third kappa shape index (κ3) is 4.26. The molecule has 108 valence electrons. The molecule has 0 spiro atoms. The Bertz CT molecular complexity index is 633. The highest BCUT2D eigenvalue weighted by molar-refractivity contribution is 7.91. The van der Waals surface area contributed by atoms with Gasteiger partial charge in [0.15, 0.2) is 15.7 Å². The fourth-order valence-electron chi connectivity index (χ4n) is 1.49. The lowest BCUT2D eigenvalue weighted by atomic mass is 10.2. The number of nitrogens with one attached hydrogen (secondary N) is 1. The van der Waals surface area contributed by atoms with Gasteiger partial charge in [-0.1, -0.05) is 23.2 Å². The number of amidine groups is 1. The van der Waals surface area contributed by atoms with Crippen molar-refractivity contribution in [3.8, 4) is 12.3 Å². The molecule has 0 fully saturated rings. The van der Waals surface area contributed by atoms with Gasteiger partial charge in [-0.3, -0.25) is 0 Å². The summed E-state index contributed by atoms with van der Waals surface area (Å²) in [6.07, 6.45) is 5.19. The van der Waals surface area contributed by atoms with Crippen LogP contribution in [0, 0.1) is 12.3 Å². The van der Waals surface area contributed by atoms with Crippen LogP contribution in [-0.4, -0.2) is 37.8 Å². The first kappa shape index (κ1) is 16.0. The number of terminal acetylenes is 1. The molecule has 0 aliphatic heterocycles. The van der Waals surface area contributed by atoms with Crippen LogP contribution in [0.4, 0.5) is 0 Å². The largest absolute Gasteiger partial charge is 0.409 e. The standard InChI is InChI=1S/C13H17N3O3S/c1-3-10(2)15-7-8-20(18,19)12-6-4-5-11(9-12)13(14)16-17/h1,4-6,9-10,15,17H,7-8H2,2H3,(H2,14,16). The summed E-state index contributed by atoms with van der Waals surface area (Å²) >= 11 is 0. The average Bonchev–Trinajstić information content (AvgIpc) is 2.46. The van der Waals surface area contributed by atoms with E-state index in [1.54, 1.807) is 13.0 Å². The van der Waals surface area contributed by atoms with Gasteiger partial charge in [0, 0.05) is 12.1 Å². The first-order valence-corrected chi connectivity index (χ1v) is 7.56. The molecule has 1 atom stereocenters. The zero-order valence-electron chi connectivity index (χ0n) is 11.1. The van der Waals surface area contributed by atoms with Crippen LogP contribution in [0.2, 0.25) is 0 Å². The fraction of sp³-hybridized carbons (Fsp3) is 0.308. The van der Waals surface area contributed by atoms with Crippen molar-refractivity contribution < 1.29 is 13.6 Å². The molecule has 7 heteroatoms. The zero-order chi connectivity index (χ0) is 15.2. The molecule has 0 heterocycles.